The minimum Gasteiger partial charge on any atom is -0.387 e. The van der Waals surface area contributed by atoms with E-state index in [4.69, 9.17) is 5.73 Å². The number of aliphatic hydroxyl groups excluding tert-OH is 1. The van der Waals surface area contributed by atoms with Crippen molar-refractivity contribution in [2.75, 3.05) is 5.73 Å². The van der Waals surface area contributed by atoms with E-state index in [0.717, 1.165) is 34.4 Å². The molecule has 3 aromatic rings. The maximum atomic E-state index is 10.2. The van der Waals surface area contributed by atoms with Crippen molar-refractivity contribution in [1.29, 1.82) is 0 Å². The van der Waals surface area contributed by atoms with Crippen molar-refractivity contribution in [1.82, 2.24) is 24.7 Å². The summed E-state index contributed by atoms with van der Waals surface area (Å²) in [4.78, 5) is 13.2. The second-order valence-electron chi connectivity index (χ2n) is 7.30. The number of aromatic nitrogens is 5. The van der Waals surface area contributed by atoms with Crippen LogP contribution < -0.4 is 5.73 Å². The Hall–Kier alpha value is -3.06. The molecule has 3 aromatic heterocycles. The topological polar surface area (TPSA) is 103 Å². The van der Waals surface area contributed by atoms with E-state index in [1.54, 1.807) is 0 Å². The van der Waals surface area contributed by atoms with Gasteiger partial charge < -0.3 is 10.8 Å². The molecule has 0 spiro atoms. The summed E-state index contributed by atoms with van der Waals surface area (Å²) in [5, 5.41) is 14.6. The Balaban J connectivity index is 1.74. The first-order valence-corrected chi connectivity index (χ1v) is 9.53. The molecule has 28 heavy (non-hydrogen) atoms. The fourth-order valence-electron chi connectivity index (χ4n) is 3.37. The van der Waals surface area contributed by atoms with Crippen molar-refractivity contribution in [2.24, 2.45) is 0 Å². The number of nitrogens with zero attached hydrogens (tertiary/aromatic N) is 5. The summed E-state index contributed by atoms with van der Waals surface area (Å²) >= 11 is 0. The molecule has 0 saturated heterocycles. The number of rotatable bonds is 5. The van der Waals surface area contributed by atoms with E-state index in [9.17, 15) is 5.11 Å². The number of hydrogen-bond donors (Lipinski definition) is 2. The summed E-state index contributed by atoms with van der Waals surface area (Å²) < 4.78 is 1.93. The van der Waals surface area contributed by atoms with Gasteiger partial charge in [-0.05, 0) is 32.4 Å². The number of aliphatic hydroxyl groups is 1. The number of anilines is 1. The monoisotopic (exact) mass is 376 g/mol. The minimum absolute atomic E-state index is 0.164. The van der Waals surface area contributed by atoms with Gasteiger partial charge in [-0.25, -0.2) is 9.97 Å². The summed E-state index contributed by atoms with van der Waals surface area (Å²) in [5.41, 5.74) is 12.2. The van der Waals surface area contributed by atoms with Crippen LogP contribution in [0, 0.1) is 0 Å². The number of fused-ring (bicyclic) bond motifs is 1. The zero-order valence-electron chi connectivity index (χ0n) is 16.3. The average Bonchev–Trinajstić information content (AvgIpc) is 3.33. The molecule has 144 valence electrons. The Morgan fingerprint density at radius 1 is 1.18 bits per heavy atom. The molecule has 3 heterocycles. The number of nitrogen functional groups attached to an aromatic ring is 1. The summed E-state index contributed by atoms with van der Waals surface area (Å²) in [7, 11) is 0. The fraction of sp³-hybridized carbons (Fsp3) is 0.333. The highest BCUT2D eigenvalue weighted by atomic mass is 16.3. The Bertz CT molecular complexity index is 1050. The molecule has 7 nitrogen and oxygen atoms in total. The molecule has 0 aliphatic heterocycles. The molecule has 0 saturated carbocycles. The van der Waals surface area contributed by atoms with Crippen LogP contribution in [0.3, 0.4) is 0 Å². The molecule has 1 aliphatic carbocycles. The van der Waals surface area contributed by atoms with E-state index < -0.39 is 6.10 Å². The van der Waals surface area contributed by atoms with Gasteiger partial charge in [0.25, 0.3) is 0 Å². The first kappa shape index (κ1) is 18.3. The van der Waals surface area contributed by atoms with E-state index in [-0.39, 0.29) is 5.95 Å². The lowest BCUT2D eigenvalue weighted by Gasteiger charge is -2.12. The Kier molecular flexibility index (Phi) is 4.68. The van der Waals surface area contributed by atoms with Crippen LogP contribution >= 0.6 is 0 Å². The SMILES string of the molecule is CCC(O)c1cc(C2=CCc3ncc(-c4cnn(C(C)C)c4)cc32)nc(N)n1. The van der Waals surface area contributed by atoms with Gasteiger partial charge in [0.15, 0.2) is 0 Å². The van der Waals surface area contributed by atoms with Crippen molar-refractivity contribution in [3.8, 4) is 11.1 Å². The number of allylic oxidation sites excluding steroid dienone is 1. The molecule has 7 heteroatoms. The molecule has 0 radical (unpaired) electrons. The number of nitrogens with two attached hydrogens (primary N) is 1. The largest absolute Gasteiger partial charge is 0.387 e. The quantitative estimate of drug-likeness (QED) is 0.708. The molecule has 0 fully saturated rings. The van der Waals surface area contributed by atoms with Gasteiger partial charge in [-0.1, -0.05) is 13.0 Å². The molecule has 1 atom stereocenters. The van der Waals surface area contributed by atoms with Crippen molar-refractivity contribution in [3.05, 3.63) is 59.4 Å². The number of hydrogen-bond acceptors (Lipinski definition) is 6. The maximum absolute atomic E-state index is 10.2. The Labute approximate surface area is 164 Å². The van der Waals surface area contributed by atoms with Crippen LogP contribution in [0.4, 0.5) is 5.95 Å². The molecule has 1 aliphatic rings. The van der Waals surface area contributed by atoms with Crippen LogP contribution in [0.15, 0.2) is 36.8 Å². The standard InChI is InChI=1S/C21H24N6O/c1-4-20(28)19-8-18(25-21(22)26-19)15-5-6-17-16(15)7-13(9-23-17)14-10-24-27(11-14)12(2)3/h5,7-12,20,28H,4,6H2,1-3H3,(H2,22,25,26). The van der Waals surface area contributed by atoms with Crippen LogP contribution in [0.1, 0.15) is 62.0 Å². The third-order valence-electron chi connectivity index (χ3n) is 4.99. The second-order valence-corrected chi connectivity index (χ2v) is 7.30. The van der Waals surface area contributed by atoms with E-state index >= 15 is 0 Å². The van der Waals surface area contributed by atoms with Gasteiger partial charge in [-0.3, -0.25) is 9.67 Å². The maximum Gasteiger partial charge on any atom is 0.220 e. The molecule has 3 N–H and O–H groups in total. The summed E-state index contributed by atoms with van der Waals surface area (Å²) in [5.74, 6) is 0.164. The van der Waals surface area contributed by atoms with Gasteiger partial charge in [-0.2, -0.15) is 5.10 Å². The normalized spacial score (nSPS) is 14.2. The second kappa shape index (κ2) is 7.16. The minimum atomic E-state index is -0.656. The van der Waals surface area contributed by atoms with Crippen molar-refractivity contribution >= 4 is 11.5 Å². The molecular weight excluding hydrogens is 352 g/mol. The highest BCUT2D eigenvalue weighted by Gasteiger charge is 2.21. The highest BCUT2D eigenvalue weighted by molar-refractivity contribution is 5.84. The lowest BCUT2D eigenvalue weighted by Crippen LogP contribution is -2.06. The van der Waals surface area contributed by atoms with Crippen LogP contribution in [-0.4, -0.2) is 29.8 Å². The highest BCUT2D eigenvalue weighted by Crippen LogP contribution is 2.34. The van der Waals surface area contributed by atoms with Crippen LogP contribution in [0.5, 0.6) is 0 Å². The van der Waals surface area contributed by atoms with E-state index in [2.05, 4.69) is 46.0 Å². The van der Waals surface area contributed by atoms with Crippen LogP contribution in [0.2, 0.25) is 0 Å². The third-order valence-corrected chi connectivity index (χ3v) is 4.99. The van der Waals surface area contributed by atoms with Gasteiger partial charge in [0.05, 0.1) is 29.4 Å². The first-order valence-electron chi connectivity index (χ1n) is 9.53. The predicted molar refractivity (Wildman–Crippen MR) is 108 cm³/mol. The van der Waals surface area contributed by atoms with E-state index in [0.29, 0.717) is 23.9 Å². The van der Waals surface area contributed by atoms with Crippen LogP contribution in [0.25, 0.3) is 16.7 Å². The lowest BCUT2D eigenvalue weighted by molar-refractivity contribution is 0.169. The Morgan fingerprint density at radius 3 is 2.71 bits per heavy atom. The van der Waals surface area contributed by atoms with Gasteiger partial charge >= 0.3 is 0 Å². The Morgan fingerprint density at radius 2 is 2.00 bits per heavy atom. The van der Waals surface area contributed by atoms with Gasteiger partial charge in [0, 0.05) is 47.1 Å². The van der Waals surface area contributed by atoms with E-state index in [1.807, 2.05) is 36.3 Å². The zero-order chi connectivity index (χ0) is 19.8. The molecule has 1 unspecified atom stereocenters. The first-order chi connectivity index (χ1) is 13.5. The summed E-state index contributed by atoms with van der Waals surface area (Å²) in [6.07, 6.45) is 8.53. The number of pyridine rings is 1. The van der Waals surface area contributed by atoms with Gasteiger partial charge in [0.2, 0.25) is 5.95 Å². The van der Waals surface area contributed by atoms with Crippen molar-refractivity contribution in [2.45, 2.75) is 45.8 Å². The van der Waals surface area contributed by atoms with E-state index in [1.165, 1.54) is 0 Å². The van der Waals surface area contributed by atoms with Crippen molar-refractivity contribution < 1.29 is 5.11 Å². The smallest absolute Gasteiger partial charge is 0.220 e. The predicted octanol–water partition coefficient (Wildman–Crippen LogP) is 3.33. The summed E-state index contributed by atoms with van der Waals surface area (Å²) in [6, 6.07) is 4.24. The lowest BCUT2D eigenvalue weighted by atomic mass is 10.0. The third kappa shape index (κ3) is 3.29. The van der Waals surface area contributed by atoms with Crippen LogP contribution in [-0.2, 0) is 6.42 Å². The van der Waals surface area contributed by atoms with Gasteiger partial charge in [0.1, 0.15) is 0 Å². The molecular formula is C21H24N6O. The molecule has 0 aromatic carbocycles. The van der Waals surface area contributed by atoms with Gasteiger partial charge in [-0.15, -0.1) is 0 Å². The molecule has 4 rings (SSSR count). The average molecular weight is 376 g/mol. The summed E-state index contributed by atoms with van der Waals surface area (Å²) in [6.45, 7) is 6.10. The zero-order valence-corrected chi connectivity index (χ0v) is 16.3. The molecule has 0 bridgehead atoms. The fourth-order valence-corrected chi connectivity index (χ4v) is 3.37. The van der Waals surface area contributed by atoms with Crippen molar-refractivity contribution in [3.63, 3.8) is 0 Å². The molecule has 0 amide bonds.